The molecule has 6 fully saturated rings. The molecular formula is C41H60N2. The molecule has 0 bridgehead atoms. The Hall–Kier alpha value is -1.38. The van der Waals surface area contributed by atoms with Crippen LogP contribution in [0, 0.1) is 47.3 Å². The lowest BCUT2D eigenvalue weighted by Crippen LogP contribution is -2.57. The van der Waals surface area contributed by atoms with Crippen molar-refractivity contribution in [1.29, 1.82) is 0 Å². The standard InChI is InChI=1S/C41H60N2/c1-27(2)21-23-32-28(3)25-36-35(32)24-22-31-26-42-37-19-10-11-20-38(37)43(41(42)39(31)36)40-33(29-13-6-4-7-14-29)17-12-18-34(40)30-15-8-5-9-16-30/h4,6-7,13-14,22,24,28,30-41H,1,5,8-12,15-21,23,25-26H2,2-3H3/t28?,31?,32?,33?,34?,35?,36-,37?,38?,39?,40?,41?/m0/s1. The van der Waals surface area contributed by atoms with E-state index < -0.39 is 0 Å². The Kier molecular flexibility index (Phi) is 8.17. The summed E-state index contributed by atoms with van der Waals surface area (Å²) in [4.78, 5) is 6.53. The summed E-state index contributed by atoms with van der Waals surface area (Å²) in [6.45, 7) is 10.5. The Morgan fingerprint density at radius 1 is 0.837 bits per heavy atom. The Labute approximate surface area is 263 Å². The van der Waals surface area contributed by atoms with Gasteiger partial charge >= 0.3 is 0 Å². The second kappa shape index (κ2) is 12.1. The van der Waals surface area contributed by atoms with Gasteiger partial charge in [-0.25, -0.2) is 0 Å². The molecule has 7 aliphatic rings. The summed E-state index contributed by atoms with van der Waals surface area (Å²) in [5.41, 5.74) is 3.04. The fourth-order valence-corrected chi connectivity index (χ4v) is 12.9. The fourth-order valence-electron chi connectivity index (χ4n) is 12.9. The van der Waals surface area contributed by atoms with Gasteiger partial charge in [0, 0.05) is 24.7 Å². The van der Waals surface area contributed by atoms with Gasteiger partial charge in [-0.15, -0.1) is 6.58 Å². The second-order valence-electron chi connectivity index (χ2n) is 16.7. The molecule has 4 saturated carbocycles. The Balaban J connectivity index is 1.19. The first-order valence-corrected chi connectivity index (χ1v) is 19.0. The van der Waals surface area contributed by atoms with Gasteiger partial charge in [-0.2, -0.15) is 0 Å². The number of hydrogen-bond donors (Lipinski definition) is 0. The van der Waals surface area contributed by atoms with Gasteiger partial charge in [0.15, 0.2) is 0 Å². The van der Waals surface area contributed by atoms with Crippen LogP contribution in [-0.2, 0) is 0 Å². The molecule has 0 radical (unpaired) electrons. The molecule has 2 nitrogen and oxygen atoms in total. The number of allylic oxidation sites excluding steroid dienone is 2. The van der Waals surface area contributed by atoms with E-state index in [2.05, 4.69) is 72.7 Å². The zero-order valence-electron chi connectivity index (χ0n) is 27.5. The molecule has 0 amide bonds. The van der Waals surface area contributed by atoms with Gasteiger partial charge in [0.2, 0.25) is 0 Å². The van der Waals surface area contributed by atoms with Crippen LogP contribution in [0.5, 0.6) is 0 Å². The van der Waals surface area contributed by atoms with Crippen LogP contribution in [-0.4, -0.2) is 40.6 Å². The zero-order valence-corrected chi connectivity index (χ0v) is 27.5. The lowest BCUT2D eigenvalue weighted by atomic mass is 9.64. The molecule has 12 atom stereocenters. The minimum absolute atomic E-state index is 0.683. The van der Waals surface area contributed by atoms with Crippen molar-refractivity contribution >= 4 is 0 Å². The van der Waals surface area contributed by atoms with Crippen molar-refractivity contribution in [2.24, 2.45) is 47.3 Å². The van der Waals surface area contributed by atoms with E-state index in [1.807, 2.05) is 0 Å². The average molecular weight is 581 g/mol. The molecule has 1 aromatic carbocycles. The summed E-state index contributed by atoms with van der Waals surface area (Å²) >= 11 is 0. The molecular weight excluding hydrogens is 520 g/mol. The molecule has 0 N–H and O–H groups in total. The van der Waals surface area contributed by atoms with Crippen molar-refractivity contribution in [3.05, 3.63) is 60.2 Å². The second-order valence-corrected chi connectivity index (χ2v) is 16.7. The van der Waals surface area contributed by atoms with Crippen molar-refractivity contribution in [1.82, 2.24) is 9.80 Å². The minimum atomic E-state index is 0.683. The molecule has 2 saturated heterocycles. The highest BCUT2D eigenvalue weighted by molar-refractivity contribution is 5.26. The molecule has 5 aliphatic carbocycles. The van der Waals surface area contributed by atoms with Crippen LogP contribution in [0.25, 0.3) is 0 Å². The number of benzene rings is 1. The largest absolute Gasteiger partial charge is 0.282 e. The molecule has 2 heterocycles. The van der Waals surface area contributed by atoms with Crippen molar-refractivity contribution in [3.63, 3.8) is 0 Å². The molecule has 0 spiro atoms. The Bertz CT molecular complexity index is 1150. The maximum absolute atomic E-state index is 4.29. The van der Waals surface area contributed by atoms with E-state index in [0.717, 1.165) is 65.5 Å². The van der Waals surface area contributed by atoms with Crippen LogP contribution in [0.15, 0.2) is 54.6 Å². The van der Waals surface area contributed by atoms with E-state index in [1.165, 1.54) is 108 Å². The zero-order chi connectivity index (χ0) is 29.1. The average Bonchev–Trinajstić information content (AvgIpc) is 3.68. The lowest BCUT2D eigenvalue weighted by molar-refractivity contribution is -0.0316. The van der Waals surface area contributed by atoms with Gasteiger partial charge in [-0.1, -0.05) is 106 Å². The van der Waals surface area contributed by atoms with E-state index in [9.17, 15) is 0 Å². The van der Waals surface area contributed by atoms with Gasteiger partial charge in [0.05, 0.1) is 6.17 Å². The van der Waals surface area contributed by atoms with Gasteiger partial charge in [-0.05, 0) is 111 Å². The van der Waals surface area contributed by atoms with E-state index in [0.29, 0.717) is 12.1 Å². The fraction of sp³-hybridized carbons (Fsp3) is 0.756. The van der Waals surface area contributed by atoms with Gasteiger partial charge in [-0.3, -0.25) is 9.80 Å². The summed E-state index contributed by atoms with van der Waals surface area (Å²) in [6, 6.07) is 14.3. The van der Waals surface area contributed by atoms with Gasteiger partial charge in [0.1, 0.15) is 0 Å². The van der Waals surface area contributed by atoms with Crippen LogP contribution >= 0.6 is 0 Å². The quantitative estimate of drug-likeness (QED) is 0.309. The molecule has 2 aliphatic heterocycles. The Morgan fingerprint density at radius 2 is 1.60 bits per heavy atom. The normalized spacial score (nSPS) is 45.0. The third kappa shape index (κ3) is 5.04. The third-order valence-corrected chi connectivity index (χ3v) is 14.5. The number of rotatable bonds is 6. The summed E-state index contributed by atoms with van der Waals surface area (Å²) in [6.07, 6.45) is 27.8. The SMILES string of the molecule is C=C(C)CCC1C(C)C[C@H]2C1C=CC1CN3C4CCCCC4N(C4C(c5ccccc5)CCCC4C4CCCCC4)C3C12. The monoisotopic (exact) mass is 580 g/mol. The summed E-state index contributed by atoms with van der Waals surface area (Å²) in [5, 5.41) is 0. The molecule has 2 heteroatoms. The summed E-state index contributed by atoms with van der Waals surface area (Å²) in [7, 11) is 0. The molecule has 1 aromatic rings. The predicted octanol–water partition coefficient (Wildman–Crippen LogP) is 9.83. The smallest absolute Gasteiger partial charge is 0.0669 e. The summed E-state index contributed by atoms with van der Waals surface area (Å²) in [5.74, 6) is 7.55. The van der Waals surface area contributed by atoms with Crippen LogP contribution in [0.1, 0.15) is 122 Å². The van der Waals surface area contributed by atoms with Crippen molar-refractivity contribution in [2.45, 2.75) is 140 Å². The number of fused-ring (bicyclic) bond motifs is 7. The maximum Gasteiger partial charge on any atom is 0.0669 e. The van der Waals surface area contributed by atoms with Gasteiger partial charge < -0.3 is 0 Å². The highest BCUT2D eigenvalue weighted by Crippen LogP contribution is 2.60. The minimum Gasteiger partial charge on any atom is -0.282 e. The van der Waals surface area contributed by atoms with Crippen LogP contribution in [0.2, 0.25) is 0 Å². The first-order chi connectivity index (χ1) is 21.1. The first-order valence-electron chi connectivity index (χ1n) is 19.0. The van der Waals surface area contributed by atoms with Crippen molar-refractivity contribution in [2.75, 3.05) is 6.54 Å². The third-order valence-electron chi connectivity index (χ3n) is 14.5. The topological polar surface area (TPSA) is 6.48 Å². The van der Waals surface area contributed by atoms with E-state index in [4.69, 9.17) is 0 Å². The van der Waals surface area contributed by atoms with Crippen molar-refractivity contribution < 1.29 is 0 Å². The van der Waals surface area contributed by atoms with Crippen molar-refractivity contribution in [3.8, 4) is 0 Å². The van der Waals surface area contributed by atoms with Crippen LogP contribution in [0.3, 0.4) is 0 Å². The highest BCUT2D eigenvalue weighted by atomic mass is 15.5. The van der Waals surface area contributed by atoms with Crippen LogP contribution in [0.4, 0.5) is 0 Å². The van der Waals surface area contributed by atoms with E-state index >= 15 is 0 Å². The first kappa shape index (κ1) is 29.1. The lowest BCUT2D eigenvalue weighted by Gasteiger charge is -2.53. The van der Waals surface area contributed by atoms with E-state index in [-0.39, 0.29) is 0 Å². The predicted molar refractivity (Wildman–Crippen MR) is 180 cm³/mol. The molecule has 8 rings (SSSR count). The van der Waals surface area contributed by atoms with Crippen LogP contribution < -0.4 is 0 Å². The molecule has 0 aromatic heterocycles. The summed E-state index contributed by atoms with van der Waals surface area (Å²) < 4.78 is 0. The molecule has 11 unspecified atom stereocenters. The number of hydrogen-bond acceptors (Lipinski definition) is 2. The van der Waals surface area contributed by atoms with Gasteiger partial charge in [0.25, 0.3) is 0 Å². The molecule has 234 valence electrons. The highest BCUT2D eigenvalue weighted by Gasteiger charge is 2.63. The molecule has 43 heavy (non-hydrogen) atoms. The maximum atomic E-state index is 4.29. The Morgan fingerprint density at radius 3 is 2.40 bits per heavy atom. The van der Waals surface area contributed by atoms with E-state index in [1.54, 1.807) is 5.56 Å². The number of nitrogens with zero attached hydrogens (tertiary/aromatic N) is 2.